The van der Waals surface area contributed by atoms with Crippen molar-refractivity contribution in [3.8, 4) is 5.69 Å². The quantitative estimate of drug-likeness (QED) is 0.415. The first-order chi connectivity index (χ1) is 14.9. The Hall–Kier alpha value is -3.50. The molecule has 32 heavy (non-hydrogen) atoms. The highest BCUT2D eigenvalue weighted by atomic mass is 19.4. The lowest BCUT2D eigenvalue weighted by Gasteiger charge is -2.38. The molecule has 3 aromatic rings. The lowest BCUT2D eigenvalue weighted by Crippen LogP contribution is -2.72. The van der Waals surface area contributed by atoms with E-state index in [1.807, 2.05) is 0 Å². The first-order valence-corrected chi connectivity index (χ1v) is 9.31. The van der Waals surface area contributed by atoms with E-state index in [4.69, 9.17) is 0 Å². The smallest absolute Gasteiger partial charge is 0.332 e. The number of anilines is 1. The van der Waals surface area contributed by atoms with Crippen molar-refractivity contribution in [1.82, 2.24) is 15.1 Å². The second-order valence-corrected chi connectivity index (χ2v) is 7.00. The largest absolute Gasteiger partial charge is 0.439 e. The van der Waals surface area contributed by atoms with Crippen LogP contribution in [0.1, 0.15) is 11.3 Å². The number of rotatable bonds is 6. The Kier molecular flexibility index (Phi) is 6.20. The van der Waals surface area contributed by atoms with Gasteiger partial charge in [0, 0.05) is 6.07 Å². The minimum atomic E-state index is -5.93. The van der Waals surface area contributed by atoms with E-state index in [1.54, 1.807) is 24.3 Å². The number of carbonyl (C=O) groups is 1. The summed E-state index contributed by atoms with van der Waals surface area (Å²) in [6.07, 6.45) is -12.5. The van der Waals surface area contributed by atoms with E-state index < -0.39 is 36.2 Å². The van der Waals surface area contributed by atoms with Gasteiger partial charge >= 0.3 is 18.0 Å². The van der Waals surface area contributed by atoms with E-state index in [0.717, 1.165) is 16.1 Å². The van der Waals surface area contributed by atoms with Crippen molar-refractivity contribution < 1.29 is 31.1 Å². The Morgan fingerprint density at radius 2 is 1.44 bits per heavy atom. The van der Waals surface area contributed by atoms with Crippen molar-refractivity contribution in [1.29, 1.82) is 0 Å². The van der Waals surface area contributed by atoms with Crippen LogP contribution in [-0.4, -0.2) is 33.7 Å². The van der Waals surface area contributed by atoms with Crippen LogP contribution in [0.25, 0.3) is 5.69 Å². The number of hydrogen-bond acceptors (Lipinski definition) is 3. The Morgan fingerprint density at radius 1 is 0.906 bits per heavy atom. The van der Waals surface area contributed by atoms with Crippen molar-refractivity contribution in [3.05, 3.63) is 78.0 Å². The molecule has 1 heterocycles. The number of aromatic nitrogens is 2. The zero-order valence-corrected chi connectivity index (χ0v) is 16.6. The van der Waals surface area contributed by atoms with Crippen molar-refractivity contribution in [2.45, 2.75) is 31.4 Å². The molecule has 0 aliphatic rings. The molecular weight excluding hydrogens is 438 g/mol. The van der Waals surface area contributed by atoms with Gasteiger partial charge in [-0.2, -0.15) is 31.4 Å². The highest BCUT2D eigenvalue weighted by Gasteiger charge is 2.72. The summed E-state index contributed by atoms with van der Waals surface area (Å²) in [4.78, 5) is 12.3. The van der Waals surface area contributed by atoms with Crippen LogP contribution >= 0.6 is 0 Å². The number of benzene rings is 2. The topological polar surface area (TPSA) is 58.9 Å². The molecule has 0 saturated heterocycles. The van der Waals surface area contributed by atoms with Crippen molar-refractivity contribution in [2.24, 2.45) is 0 Å². The minimum Gasteiger partial charge on any atom is -0.332 e. The summed E-state index contributed by atoms with van der Waals surface area (Å²) in [5.41, 5.74) is -4.08. The average Bonchev–Trinajstić information content (AvgIpc) is 3.07. The van der Waals surface area contributed by atoms with Crippen molar-refractivity contribution in [2.75, 3.05) is 5.32 Å². The number of amides is 1. The van der Waals surface area contributed by atoms with Crippen LogP contribution in [0.5, 0.6) is 0 Å². The van der Waals surface area contributed by atoms with Gasteiger partial charge < -0.3 is 10.6 Å². The van der Waals surface area contributed by atoms with Gasteiger partial charge in [0.05, 0.1) is 17.8 Å². The highest BCUT2D eigenvalue weighted by Crippen LogP contribution is 2.44. The maximum absolute atomic E-state index is 14.0. The monoisotopic (exact) mass is 456 g/mol. The van der Waals surface area contributed by atoms with Gasteiger partial charge in [0.15, 0.2) is 0 Å². The molecule has 11 heteroatoms. The number of alkyl halides is 6. The Balaban J connectivity index is 2.04. The molecule has 0 spiro atoms. The van der Waals surface area contributed by atoms with E-state index in [9.17, 15) is 31.1 Å². The van der Waals surface area contributed by atoms with Crippen LogP contribution in [0.2, 0.25) is 0 Å². The lowest BCUT2D eigenvalue weighted by molar-refractivity contribution is -0.296. The summed E-state index contributed by atoms with van der Waals surface area (Å²) in [6.45, 7) is 1.42. The summed E-state index contributed by atoms with van der Waals surface area (Å²) < 4.78 is 84.7. The second-order valence-electron chi connectivity index (χ2n) is 7.00. The summed E-state index contributed by atoms with van der Waals surface area (Å²) in [5.74, 6) is -2.05. The SMILES string of the molecule is Cc1cc(NC(NC(=O)Cc2ccccc2)(C(F)(F)F)C(F)(F)F)n(-c2ccccc2)n1. The van der Waals surface area contributed by atoms with Crippen LogP contribution in [0, 0.1) is 6.92 Å². The molecule has 0 aliphatic carbocycles. The molecule has 1 amide bonds. The third-order valence-corrected chi connectivity index (χ3v) is 4.53. The van der Waals surface area contributed by atoms with Gasteiger partial charge in [-0.3, -0.25) is 4.79 Å². The summed E-state index contributed by atoms with van der Waals surface area (Å²) in [7, 11) is 0. The molecule has 2 aromatic carbocycles. The minimum absolute atomic E-state index is 0.171. The van der Waals surface area contributed by atoms with Gasteiger partial charge in [-0.15, -0.1) is 0 Å². The Labute approximate surface area is 179 Å². The van der Waals surface area contributed by atoms with Gasteiger partial charge in [0.1, 0.15) is 5.82 Å². The zero-order chi connectivity index (χ0) is 23.6. The molecular formula is C21H18F6N4O. The summed E-state index contributed by atoms with van der Waals surface area (Å²) in [5, 5.41) is 6.63. The van der Waals surface area contributed by atoms with Crippen molar-refractivity contribution in [3.63, 3.8) is 0 Å². The van der Waals surface area contributed by atoms with Crippen molar-refractivity contribution >= 4 is 11.7 Å². The fourth-order valence-corrected chi connectivity index (χ4v) is 3.06. The molecule has 3 rings (SSSR count). The lowest BCUT2D eigenvalue weighted by atomic mass is 10.1. The number of aryl methyl sites for hydroxylation is 1. The van der Waals surface area contributed by atoms with Crippen LogP contribution < -0.4 is 10.6 Å². The molecule has 1 aromatic heterocycles. The zero-order valence-electron chi connectivity index (χ0n) is 16.6. The van der Waals surface area contributed by atoms with E-state index in [0.29, 0.717) is 0 Å². The first kappa shape index (κ1) is 23.2. The number of nitrogens with zero attached hydrogens (tertiary/aromatic N) is 2. The van der Waals surface area contributed by atoms with E-state index in [2.05, 4.69) is 5.10 Å². The first-order valence-electron chi connectivity index (χ1n) is 9.31. The number of nitrogens with one attached hydrogen (secondary N) is 2. The molecule has 170 valence electrons. The molecule has 2 N–H and O–H groups in total. The van der Waals surface area contributed by atoms with E-state index in [-0.39, 0.29) is 16.9 Å². The maximum atomic E-state index is 14.0. The standard InChI is InChI=1S/C21H18F6N4O/c1-14-12-17(31(30-14)16-10-6-3-7-11-16)28-19(20(22,23)24,21(25,26)27)29-18(32)13-15-8-4-2-5-9-15/h2-12,28H,13H2,1H3,(H,29,32). The molecule has 0 fully saturated rings. The number of halogens is 6. The van der Waals surface area contributed by atoms with Gasteiger partial charge in [-0.05, 0) is 24.6 Å². The third-order valence-electron chi connectivity index (χ3n) is 4.53. The molecule has 0 atom stereocenters. The predicted octanol–water partition coefficient (Wildman–Crippen LogP) is 4.77. The molecule has 0 aliphatic heterocycles. The normalized spacial score (nSPS) is 12.5. The second kappa shape index (κ2) is 8.56. The Morgan fingerprint density at radius 3 is 1.97 bits per heavy atom. The summed E-state index contributed by atoms with van der Waals surface area (Å²) in [6, 6.07) is 16.2. The molecule has 0 unspecified atom stereocenters. The molecule has 0 saturated carbocycles. The number of hydrogen-bond donors (Lipinski definition) is 2. The van der Waals surface area contributed by atoms with Crippen LogP contribution in [0.4, 0.5) is 32.2 Å². The van der Waals surface area contributed by atoms with Gasteiger partial charge in [-0.1, -0.05) is 48.5 Å². The van der Waals surface area contributed by atoms with Crippen LogP contribution in [0.15, 0.2) is 66.7 Å². The van der Waals surface area contributed by atoms with E-state index in [1.165, 1.54) is 48.6 Å². The maximum Gasteiger partial charge on any atom is 0.439 e. The molecule has 5 nitrogen and oxygen atoms in total. The summed E-state index contributed by atoms with van der Waals surface area (Å²) >= 11 is 0. The average molecular weight is 456 g/mol. The van der Waals surface area contributed by atoms with Gasteiger partial charge in [0.2, 0.25) is 5.91 Å². The Bertz CT molecular complexity index is 1050. The molecule has 0 bridgehead atoms. The molecule has 0 radical (unpaired) electrons. The predicted molar refractivity (Wildman–Crippen MR) is 105 cm³/mol. The van der Waals surface area contributed by atoms with Gasteiger partial charge in [-0.25, -0.2) is 4.68 Å². The number of carbonyl (C=O) groups excluding carboxylic acids is 1. The van der Waals surface area contributed by atoms with Crippen LogP contribution in [-0.2, 0) is 11.2 Å². The highest BCUT2D eigenvalue weighted by molar-refractivity contribution is 5.80. The third kappa shape index (κ3) is 4.71. The fraction of sp³-hybridized carbons (Fsp3) is 0.238. The van der Waals surface area contributed by atoms with Crippen LogP contribution in [0.3, 0.4) is 0 Å². The number of para-hydroxylation sites is 1. The van der Waals surface area contributed by atoms with Gasteiger partial charge in [0.25, 0.3) is 0 Å². The fourth-order valence-electron chi connectivity index (χ4n) is 3.06. The van der Waals surface area contributed by atoms with E-state index >= 15 is 0 Å².